The van der Waals surface area contributed by atoms with E-state index in [4.69, 9.17) is 0 Å². The SMILES string of the molecule is CNC1CCC(=O)N(Cc2cccnc2)CC1. The van der Waals surface area contributed by atoms with Crippen LogP contribution in [0.5, 0.6) is 0 Å². The molecule has 0 aromatic carbocycles. The molecule has 0 radical (unpaired) electrons. The van der Waals surface area contributed by atoms with Crippen LogP contribution in [-0.4, -0.2) is 35.4 Å². The Hall–Kier alpha value is -1.42. The highest BCUT2D eigenvalue weighted by molar-refractivity contribution is 5.76. The van der Waals surface area contributed by atoms with Gasteiger partial charge in [0.05, 0.1) is 0 Å². The standard InChI is InChI=1S/C13H19N3O/c1-14-12-4-5-13(17)16(8-6-12)10-11-3-2-7-15-9-11/h2-3,7,9,12,14H,4-6,8,10H2,1H3. The molecule has 1 aliphatic rings. The summed E-state index contributed by atoms with van der Waals surface area (Å²) in [7, 11) is 1.96. The Labute approximate surface area is 102 Å². The quantitative estimate of drug-likeness (QED) is 0.852. The van der Waals surface area contributed by atoms with E-state index < -0.39 is 0 Å². The molecule has 0 aliphatic carbocycles. The molecule has 0 bridgehead atoms. The summed E-state index contributed by atoms with van der Waals surface area (Å²) in [6.45, 7) is 1.52. The summed E-state index contributed by atoms with van der Waals surface area (Å²) in [6, 6.07) is 4.40. The number of nitrogens with zero attached hydrogens (tertiary/aromatic N) is 2. The molecule has 92 valence electrons. The topological polar surface area (TPSA) is 45.2 Å². The molecule has 2 rings (SSSR count). The summed E-state index contributed by atoms with van der Waals surface area (Å²) in [5.41, 5.74) is 1.10. The number of carbonyl (C=O) groups excluding carboxylic acids is 1. The summed E-state index contributed by atoms with van der Waals surface area (Å²) in [5, 5.41) is 3.26. The second kappa shape index (κ2) is 5.77. The third kappa shape index (κ3) is 3.27. The molecule has 1 aliphatic heterocycles. The lowest BCUT2D eigenvalue weighted by Crippen LogP contribution is -2.30. The first-order valence-corrected chi connectivity index (χ1v) is 6.13. The number of hydrogen-bond donors (Lipinski definition) is 1. The van der Waals surface area contributed by atoms with Gasteiger partial charge in [0.25, 0.3) is 0 Å². The number of likely N-dealkylation sites (tertiary alicyclic amines) is 1. The molecule has 1 saturated heterocycles. The van der Waals surface area contributed by atoms with Crippen molar-refractivity contribution >= 4 is 5.91 Å². The van der Waals surface area contributed by atoms with Crippen molar-refractivity contribution in [2.75, 3.05) is 13.6 Å². The Morgan fingerprint density at radius 3 is 3.12 bits per heavy atom. The average Bonchev–Trinajstić information content (AvgIpc) is 2.54. The summed E-state index contributed by atoms with van der Waals surface area (Å²) in [4.78, 5) is 18.0. The molecule has 1 atom stereocenters. The normalized spacial score (nSPS) is 21.4. The molecule has 1 aromatic heterocycles. The van der Waals surface area contributed by atoms with E-state index in [0.29, 0.717) is 19.0 Å². The van der Waals surface area contributed by atoms with Gasteiger partial charge in [-0.2, -0.15) is 0 Å². The summed E-state index contributed by atoms with van der Waals surface area (Å²) in [6.07, 6.45) is 6.20. The van der Waals surface area contributed by atoms with Crippen LogP contribution >= 0.6 is 0 Å². The lowest BCUT2D eigenvalue weighted by molar-refractivity contribution is -0.131. The van der Waals surface area contributed by atoms with Crippen molar-refractivity contribution in [3.8, 4) is 0 Å². The third-order valence-corrected chi connectivity index (χ3v) is 3.31. The fourth-order valence-electron chi connectivity index (χ4n) is 2.20. The van der Waals surface area contributed by atoms with Gasteiger partial charge in [0.2, 0.25) is 5.91 Å². The van der Waals surface area contributed by atoms with Gasteiger partial charge in [-0.05, 0) is 31.5 Å². The van der Waals surface area contributed by atoms with E-state index in [1.807, 2.05) is 30.3 Å². The fourth-order valence-corrected chi connectivity index (χ4v) is 2.20. The highest BCUT2D eigenvalue weighted by atomic mass is 16.2. The molecule has 0 saturated carbocycles. The predicted octanol–water partition coefficient (Wildman–Crippen LogP) is 1.18. The van der Waals surface area contributed by atoms with E-state index in [-0.39, 0.29) is 5.91 Å². The highest BCUT2D eigenvalue weighted by Crippen LogP contribution is 2.14. The Morgan fingerprint density at radius 1 is 1.53 bits per heavy atom. The molecule has 1 N–H and O–H groups in total. The summed E-state index contributed by atoms with van der Waals surface area (Å²) < 4.78 is 0. The maximum absolute atomic E-state index is 12.0. The first-order chi connectivity index (χ1) is 8.29. The Morgan fingerprint density at radius 2 is 2.41 bits per heavy atom. The second-order valence-corrected chi connectivity index (χ2v) is 4.49. The Balaban J connectivity index is 1.98. The van der Waals surface area contributed by atoms with Crippen molar-refractivity contribution < 1.29 is 4.79 Å². The monoisotopic (exact) mass is 233 g/mol. The zero-order valence-corrected chi connectivity index (χ0v) is 10.2. The second-order valence-electron chi connectivity index (χ2n) is 4.49. The molecule has 1 fully saturated rings. The van der Waals surface area contributed by atoms with Crippen LogP contribution in [0.25, 0.3) is 0 Å². The van der Waals surface area contributed by atoms with Crippen LogP contribution in [0.15, 0.2) is 24.5 Å². The van der Waals surface area contributed by atoms with Crippen molar-refractivity contribution in [1.29, 1.82) is 0 Å². The van der Waals surface area contributed by atoms with E-state index in [9.17, 15) is 4.79 Å². The number of rotatable bonds is 3. The van der Waals surface area contributed by atoms with E-state index in [0.717, 1.165) is 24.9 Å². The lowest BCUT2D eigenvalue weighted by Gasteiger charge is -2.20. The minimum absolute atomic E-state index is 0.256. The molecule has 1 aromatic rings. The third-order valence-electron chi connectivity index (χ3n) is 3.31. The molecular formula is C13H19N3O. The summed E-state index contributed by atoms with van der Waals surface area (Å²) >= 11 is 0. The number of nitrogens with one attached hydrogen (secondary N) is 1. The molecule has 2 heterocycles. The van der Waals surface area contributed by atoms with Gasteiger partial charge in [-0.15, -0.1) is 0 Å². The molecule has 4 nitrogen and oxygen atoms in total. The summed E-state index contributed by atoms with van der Waals surface area (Å²) in [5.74, 6) is 0.256. The zero-order valence-electron chi connectivity index (χ0n) is 10.2. The largest absolute Gasteiger partial charge is 0.338 e. The van der Waals surface area contributed by atoms with Gasteiger partial charge in [-0.1, -0.05) is 6.07 Å². The maximum atomic E-state index is 12.0. The minimum atomic E-state index is 0.256. The van der Waals surface area contributed by atoms with Gasteiger partial charge in [-0.25, -0.2) is 0 Å². The van der Waals surface area contributed by atoms with Crippen molar-refractivity contribution in [2.24, 2.45) is 0 Å². The maximum Gasteiger partial charge on any atom is 0.222 e. The van der Waals surface area contributed by atoms with Gasteiger partial charge in [0.1, 0.15) is 0 Å². The zero-order chi connectivity index (χ0) is 12.1. The number of pyridine rings is 1. The van der Waals surface area contributed by atoms with Crippen LogP contribution in [0.3, 0.4) is 0 Å². The van der Waals surface area contributed by atoms with Crippen LogP contribution in [0, 0.1) is 0 Å². The number of hydrogen-bond acceptors (Lipinski definition) is 3. The van der Waals surface area contributed by atoms with Crippen molar-refractivity contribution in [3.63, 3.8) is 0 Å². The number of carbonyl (C=O) groups is 1. The van der Waals surface area contributed by atoms with E-state index in [2.05, 4.69) is 10.3 Å². The smallest absolute Gasteiger partial charge is 0.222 e. The molecular weight excluding hydrogens is 214 g/mol. The number of amides is 1. The molecule has 1 unspecified atom stereocenters. The molecule has 17 heavy (non-hydrogen) atoms. The van der Waals surface area contributed by atoms with Gasteiger partial charge >= 0.3 is 0 Å². The van der Waals surface area contributed by atoms with Crippen molar-refractivity contribution in [3.05, 3.63) is 30.1 Å². The molecule has 4 heteroatoms. The van der Waals surface area contributed by atoms with Crippen LogP contribution in [0.1, 0.15) is 24.8 Å². The van der Waals surface area contributed by atoms with E-state index in [1.54, 1.807) is 6.20 Å². The van der Waals surface area contributed by atoms with Gasteiger partial charge in [0, 0.05) is 37.9 Å². The van der Waals surface area contributed by atoms with E-state index in [1.165, 1.54) is 0 Å². The van der Waals surface area contributed by atoms with Crippen molar-refractivity contribution in [2.45, 2.75) is 31.8 Å². The predicted molar refractivity (Wildman–Crippen MR) is 66.4 cm³/mol. The van der Waals surface area contributed by atoms with Crippen LogP contribution in [0.4, 0.5) is 0 Å². The van der Waals surface area contributed by atoms with Crippen LogP contribution in [-0.2, 0) is 11.3 Å². The Bertz CT molecular complexity index is 366. The first-order valence-electron chi connectivity index (χ1n) is 6.13. The minimum Gasteiger partial charge on any atom is -0.338 e. The van der Waals surface area contributed by atoms with Crippen LogP contribution < -0.4 is 5.32 Å². The van der Waals surface area contributed by atoms with Gasteiger partial charge in [0.15, 0.2) is 0 Å². The van der Waals surface area contributed by atoms with Gasteiger partial charge in [-0.3, -0.25) is 9.78 Å². The molecule has 0 spiro atoms. The van der Waals surface area contributed by atoms with Crippen molar-refractivity contribution in [1.82, 2.24) is 15.2 Å². The average molecular weight is 233 g/mol. The Kier molecular flexibility index (Phi) is 4.09. The number of aromatic nitrogens is 1. The lowest BCUT2D eigenvalue weighted by atomic mass is 10.1. The fraction of sp³-hybridized carbons (Fsp3) is 0.538. The van der Waals surface area contributed by atoms with Crippen LogP contribution in [0.2, 0.25) is 0 Å². The first kappa shape index (κ1) is 12.0. The highest BCUT2D eigenvalue weighted by Gasteiger charge is 2.21. The molecule has 1 amide bonds. The van der Waals surface area contributed by atoms with Gasteiger partial charge < -0.3 is 10.2 Å². The van der Waals surface area contributed by atoms with E-state index >= 15 is 0 Å².